The lowest BCUT2D eigenvalue weighted by Crippen LogP contribution is -2.23. The zero-order chi connectivity index (χ0) is 22.7. The molecule has 2 aromatic carbocycles. The molecule has 0 bridgehead atoms. The van der Waals surface area contributed by atoms with Crippen molar-refractivity contribution in [2.45, 2.75) is 17.3 Å². The van der Waals surface area contributed by atoms with Crippen LogP contribution in [0.4, 0.5) is 5.69 Å². The minimum absolute atomic E-state index is 0.0252. The summed E-state index contributed by atoms with van der Waals surface area (Å²) in [5.41, 5.74) is 0.955. The molecule has 2 N–H and O–H groups in total. The van der Waals surface area contributed by atoms with Crippen LogP contribution in [-0.4, -0.2) is 29.7 Å². The number of nitrogens with zero attached hydrogens (tertiary/aromatic N) is 4. The summed E-state index contributed by atoms with van der Waals surface area (Å²) in [6.07, 6.45) is 0.173. The smallest absolute Gasteiger partial charge is 0.311 e. The van der Waals surface area contributed by atoms with Gasteiger partial charge in [-0.25, -0.2) is 4.79 Å². The van der Waals surface area contributed by atoms with E-state index in [1.807, 2.05) is 16.7 Å². The molecule has 2 aromatic heterocycles. The van der Waals surface area contributed by atoms with E-state index in [9.17, 15) is 19.7 Å². The van der Waals surface area contributed by atoms with E-state index in [4.69, 9.17) is 11.6 Å². The number of halogens is 1. The molecule has 10 nitrogen and oxygen atoms in total. The molecule has 162 valence electrons. The molecule has 12 heteroatoms. The Bertz CT molecular complexity index is 1350. The number of nitrogens with one attached hydrogen (secondary N) is 2. The Hall–Kier alpha value is -3.70. The fourth-order valence-corrected chi connectivity index (χ4v) is 4.06. The molecule has 0 saturated heterocycles. The fourth-order valence-electron chi connectivity index (χ4n) is 3.00. The van der Waals surface area contributed by atoms with Crippen molar-refractivity contribution in [1.29, 1.82) is 0 Å². The van der Waals surface area contributed by atoms with Gasteiger partial charge in [0.25, 0.3) is 11.2 Å². The van der Waals surface area contributed by atoms with Crippen LogP contribution in [0.25, 0.3) is 5.69 Å². The van der Waals surface area contributed by atoms with Gasteiger partial charge in [0.2, 0.25) is 0 Å². The maximum absolute atomic E-state index is 11.6. The number of benzene rings is 2. The second kappa shape index (κ2) is 9.20. The molecule has 0 atom stereocenters. The van der Waals surface area contributed by atoms with Gasteiger partial charge < -0.3 is 4.98 Å². The van der Waals surface area contributed by atoms with Crippen LogP contribution >= 0.6 is 23.4 Å². The summed E-state index contributed by atoms with van der Waals surface area (Å²) in [6, 6.07) is 14.7. The molecule has 0 aliphatic carbocycles. The Labute approximate surface area is 189 Å². The van der Waals surface area contributed by atoms with E-state index >= 15 is 0 Å². The first-order chi connectivity index (χ1) is 15.4. The standard InChI is InChI=1S/C20H15ClN6O4S/c21-13-3-7-15(8-4-13)26-17(9-14-10-18(28)23-19(29)22-14)24-25-20(26)32-11-12-1-5-16(6-2-12)27(30)31/h1-8,10H,9,11H2,(H2,22,23,28,29). The van der Waals surface area contributed by atoms with E-state index in [0.717, 1.165) is 11.3 Å². The number of hydrogen-bond acceptors (Lipinski definition) is 7. The molecular formula is C20H15ClN6O4S. The van der Waals surface area contributed by atoms with E-state index in [2.05, 4.69) is 20.2 Å². The summed E-state index contributed by atoms with van der Waals surface area (Å²) in [4.78, 5) is 38.4. The Kier molecular flexibility index (Phi) is 6.19. The van der Waals surface area contributed by atoms with Crippen LogP contribution in [0.1, 0.15) is 17.1 Å². The Balaban J connectivity index is 1.65. The molecule has 0 aliphatic rings. The fraction of sp³-hybridized carbons (Fsp3) is 0.100. The highest BCUT2D eigenvalue weighted by Crippen LogP contribution is 2.27. The molecule has 4 aromatic rings. The molecule has 0 fully saturated rings. The molecule has 0 radical (unpaired) electrons. The third-order valence-electron chi connectivity index (χ3n) is 4.47. The number of hydrogen-bond donors (Lipinski definition) is 2. The molecule has 0 spiro atoms. The molecule has 2 heterocycles. The molecule has 0 aliphatic heterocycles. The van der Waals surface area contributed by atoms with Gasteiger partial charge in [-0.2, -0.15) is 0 Å². The Morgan fingerprint density at radius 1 is 1.03 bits per heavy atom. The van der Waals surface area contributed by atoms with Crippen molar-refractivity contribution < 1.29 is 4.92 Å². The summed E-state index contributed by atoms with van der Waals surface area (Å²) < 4.78 is 1.81. The van der Waals surface area contributed by atoms with Gasteiger partial charge in [0.15, 0.2) is 5.16 Å². The first kappa shape index (κ1) is 21.5. The number of nitro groups is 1. The van der Waals surface area contributed by atoms with E-state index < -0.39 is 16.2 Å². The lowest BCUT2D eigenvalue weighted by molar-refractivity contribution is -0.384. The maximum atomic E-state index is 11.6. The minimum Gasteiger partial charge on any atom is -0.311 e. The molecule has 0 saturated carbocycles. The van der Waals surface area contributed by atoms with E-state index in [0.29, 0.717) is 27.5 Å². The number of rotatable bonds is 7. The zero-order valence-electron chi connectivity index (χ0n) is 16.3. The third kappa shape index (κ3) is 4.95. The monoisotopic (exact) mass is 470 g/mol. The normalized spacial score (nSPS) is 10.9. The van der Waals surface area contributed by atoms with Crippen LogP contribution < -0.4 is 11.2 Å². The van der Waals surface area contributed by atoms with Crippen LogP contribution in [-0.2, 0) is 12.2 Å². The van der Waals surface area contributed by atoms with Gasteiger partial charge in [-0.1, -0.05) is 35.5 Å². The Morgan fingerprint density at radius 3 is 2.41 bits per heavy atom. The molecule has 0 unspecified atom stereocenters. The first-order valence-electron chi connectivity index (χ1n) is 9.28. The van der Waals surface area contributed by atoms with Crippen molar-refractivity contribution in [2.75, 3.05) is 0 Å². The second-order valence-electron chi connectivity index (χ2n) is 6.71. The summed E-state index contributed by atoms with van der Waals surface area (Å²) in [7, 11) is 0. The molecular weight excluding hydrogens is 456 g/mol. The van der Waals surface area contributed by atoms with Crippen molar-refractivity contribution in [3.8, 4) is 5.69 Å². The van der Waals surface area contributed by atoms with E-state index in [-0.39, 0.29) is 12.1 Å². The van der Waals surface area contributed by atoms with E-state index in [1.165, 1.54) is 30.0 Å². The zero-order valence-corrected chi connectivity index (χ0v) is 17.9. The number of H-pyrrole nitrogens is 2. The summed E-state index contributed by atoms with van der Waals surface area (Å²) >= 11 is 7.42. The van der Waals surface area contributed by atoms with Crippen LogP contribution in [0.3, 0.4) is 0 Å². The van der Waals surface area contributed by atoms with Crippen molar-refractivity contribution in [3.05, 3.63) is 108 Å². The number of thioether (sulfide) groups is 1. The van der Waals surface area contributed by atoms with Gasteiger partial charge in [0.05, 0.1) is 4.92 Å². The van der Waals surface area contributed by atoms with Crippen molar-refractivity contribution >= 4 is 29.1 Å². The maximum Gasteiger partial charge on any atom is 0.325 e. The first-order valence-corrected chi connectivity index (χ1v) is 10.6. The summed E-state index contributed by atoms with van der Waals surface area (Å²) in [6.45, 7) is 0. The highest BCUT2D eigenvalue weighted by atomic mass is 35.5. The molecule has 4 rings (SSSR count). The van der Waals surface area contributed by atoms with Gasteiger partial charge in [-0.15, -0.1) is 10.2 Å². The third-order valence-corrected chi connectivity index (χ3v) is 5.72. The quantitative estimate of drug-likeness (QED) is 0.240. The van der Waals surface area contributed by atoms with Gasteiger partial charge >= 0.3 is 5.69 Å². The van der Waals surface area contributed by atoms with Gasteiger partial charge in [0.1, 0.15) is 5.82 Å². The van der Waals surface area contributed by atoms with Gasteiger partial charge in [-0.3, -0.25) is 24.5 Å². The molecule has 32 heavy (non-hydrogen) atoms. The van der Waals surface area contributed by atoms with Crippen LogP contribution in [0, 0.1) is 10.1 Å². The SMILES string of the molecule is O=c1cc(Cc2nnc(SCc3ccc([N+](=O)[O-])cc3)n2-c2ccc(Cl)cc2)[nH]c(=O)[nH]1. The second-order valence-corrected chi connectivity index (χ2v) is 8.09. The Morgan fingerprint density at radius 2 is 1.75 bits per heavy atom. The number of nitro benzene ring substituents is 1. The van der Waals surface area contributed by atoms with Crippen LogP contribution in [0.15, 0.2) is 69.3 Å². The van der Waals surface area contributed by atoms with Crippen molar-refractivity contribution in [2.24, 2.45) is 0 Å². The largest absolute Gasteiger partial charge is 0.325 e. The summed E-state index contributed by atoms with van der Waals surface area (Å²) in [5, 5.41) is 20.5. The average Bonchev–Trinajstić information content (AvgIpc) is 3.14. The van der Waals surface area contributed by atoms with Crippen molar-refractivity contribution in [3.63, 3.8) is 0 Å². The predicted molar refractivity (Wildman–Crippen MR) is 120 cm³/mol. The number of aromatic nitrogens is 5. The number of non-ortho nitro benzene ring substituents is 1. The highest BCUT2D eigenvalue weighted by Gasteiger charge is 2.16. The summed E-state index contributed by atoms with van der Waals surface area (Å²) in [5.74, 6) is 1.02. The lowest BCUT2D eigenvalue weighted by atomic mass is 10.2. The predicted octanol–water partition coefficient (Wildman–Crippen LogP) is 3.09. The lowest BCUT2D eigenvalue weighted by Gasteiger charge is -2.10. The van der Waals surface area contributed by atoms with E-state index in [1.54, 1.807) is 24.3 Å². The average molecular weight is 471 g/mol. The highest BCUT2D eigenvalue weighted by molar-refractivity contribution is 7.98. The topological polar surface area (TPSA) is 140 Å². The minimum atomic E-state index is -0.599. The van der Waals surface area contributed by atoms with Gasteiger partial charge in [-0.05, 0) is 29.8 Å². The van der Waals surface area contributed by atoms with Crippen LogP contribution in [0.5, 0.6) is 0 Å². The van der Waals surface area contributed by atoms with Crippen molar-refractivity contribution in [1.82, 2.24) is 24.7 Å². The number of aromatic amines is 2. The van der Waals surface area contributed by atoms with Gasteiger partial charge in [0, 0.05) is 46.8 Å². The molecule has 0 amide bonds. The van der Waals surface area contributed by atoms with Crippen LogP contribution in [0.2, 0.25) is 5.02 Å².